The molecule has 0 spiro atoms. The molecule has 2 N–H and O–H groups in total. The lowest BCUT2D eigenvalue weighted by atomic mass is 10.2. The van der Waals surface area contributed by atoms with Crippen LogP contribution in [0, 0.1) is 0 Å². The molecule has 0 heterocycles. The Bertz CT molecular complexity index is 478. The van der Waals surface area contributed by atoms with Gasteiger partial charge in [-0.3, -0.25) is 0 Å². The Labute approximate surface area is 121 Å². The summed E-state index contributed by atoms with van der Waals surface area (Å²) in [5, 5.41) is 12.4. The molecular formula is C14H18BrNO3. The maximum atomic E-state index is 11.4. The summed E-state index contributed by atoms with van der Waals surface area (Å²) in [6, 6.07) is 5.36. The topological polar surface area (TPSA) is 58.6 Å². The minimum absolute atomic E-state index is 0.177. The van der Waals surface area contributed by atoms with Gasteiger partial charge in [0.1, 0.15) is 11.4 Å². The second-order valence-electron chi connectivity index (χ2n) is 4.96. The minimum Gasteiger partial charge on any atom is -0.506 e. The molecule has 19 heavy (non-hydrogen) atoms. The number of ether oxygens (including phenoxy) is 1. The van der Waals surface area contributed by atoms with Crippen LogP contribution in [0.2, 0.25) is 0 Å². The first-order valence-corrected chi connectivity index (χ1v) is 6.70. The Kier molecular flexibility index (Phi) is 5.42. The van der Waals surface area contributed by atoms with Gasteiger partial charge in [0, 0.05) is 12.1 Å². The molecule has 0 fully saturated rings. The van der Waals surface area contributed by atoms with Crippen molar-refractivity contribution in [1.29, 1.82) is 0 Å². The van der Waals surface area contributed by atoms with Crippen molar-refractivity contribution in [2.75, 3.05) is 6.54 Å². The quantitative estimate of drug-likeness (QED) is 0.890. The number of rotatable bonds is 3. The second-order valence-corrected chi connectivity index (χ2v) is 5.82. The van der Waals surface area contributed by atoms with E-state index in [0.717, 1.165) is 0 Å². The Morgan fingerprint density at radius 2 is 2.16 bits per heavy atom. The van der Waals surface area contributed by atoms with Gasteiger partial charge < -0.3 is 15.2 Å². The van der Waals surface area contributed by atoms with Gasteiger partial charge in [-0.25, -0.2) is 4.79 Å². The predicted octanol–water partition coefficient (Wildman–Crippen LogP) is 3.69. The van der Waals surface area contributed by atoms with Crippen molar-refractivity contribution in [2.45, 2.75) is 26.4 Å². The fourth-order valence-electron chi connectivity index (χ4n) is 1.31. The van der Waals surface area contributed by atoms with Crippen LogP contribution in [-0.2, 0) is 4.74 Å². The van der Waals surface area contributed by atoms with Gasteiger partial charge in [-0.2, -0.15) is 0 Å². The Balaban J connectivity index is 2.47. The Morgan fingerprint density at radius 3 is 2.79 bits per heavy atom. The first kappa shape index (κ1) is 15.6. The van der Waals surface area contributed by atoms with Gasteiger partial charge in [0.15, 0.2) is 0 Å². The van der Waals surface area contributed by atoms with Crippen LogP contribution in [0.5, 0.6) is 5.75 Å². The van der Waals surface area contributed by atoms with E-state index in [4.69, 9.17) is 4.74 Å². The highest BCUT2D eigenvalue weighted by atomic mass is 79.9. The summed E-state index contributed by atoms with van der Waals surface area (Å²) in [5.74, 6) is 0.177. The molecular weight excluding hydrogens is 310 g/mol. The largest absolute Gasteiger partial charge is 0.506 e. The lowest BCUT2D eigenvalue weighted by molar-refractivity contribution is 0.0534. The second kappa shape index (κ2) is 6.61. The highest BCUT2D eigenvalue weighted by Gasteiger charge is 2.14. The average molecular weight is 328 g/mol. The van der Waals surface area contributed by atoms with E-state index in [9.17, 15) is 9.90 Å². The smallest absolute Gasteiger partial charge is 0.407 e. The summed E-state index contributed by atoms with van der Waals surface area (Å²) in [7, 11) is 0. The molecule has 0 atom stereocenters. The molecule has 0 saturated carbocycles. The lowest BCUT2D eigenvalue weighted by Gasteiger charge is -2.19. The number of halogens is 1. The average Bonchev–Trinajstić information content (AvgIpc) is 2.27. The highest BCUT2D eigenvalue weighted by molar-refractivity contribution is 9.10. The predicted molar refractivity (Wildman–Crippen MR) is 79.1 cm³/mol. The maximum absolute atomic E-state index is 11.4. The third-order valence-electron chi connectivity index (χ3n) is 2.08. The van der Waals surface area contributed by atoms with Crippen LogP contribution >= 0.6 is 15.9 Å². The van der Waals surface area contributed by atoms with Crippen molar-refractivity contribution in [3.8, 4) is 5.75 Å². The third-order valence-corrected chi connectivity index (χ3v) is 2.72. The third kappa shape index (κ3) is 5.79. The van der Waals surface area contributed by atoms with Gasteiger partial charge in [-0.1, -0.05) is 24.3 Å². The van der Waals surface area contributed by atoms with Crippen LogP contribution < -0.4 is 5.32 Å². The van der Waals surface area contributed by atoms with Gasteiger partial charge in [0.2, 0.25) is 0 Å². The summed E-state index contributed by atoms with van der Waals surface area (Å²) in [5.41, 5.74) is 0.177. The molecule has 0 unspecified atom stereocenters. The zero-order chi connectivity index (χ0) is 14.5. The first-order chi connectivity index (χ1) is 8.79. The SMILES string of the molecule is CC(C)(C)OC(=O)NCC=Cc1cccc(Br)c1O. The standard InChI is InChI=1S/C14H18BrNO3/c1-14(2,3)19-13(18)16-9-5-7-10-6-4-8-11(15)12(10)17/h4-8,17H,9H2,1-3H3,(H,16,18). The molecule has 1 aromatic carbocycles. The zero-order valence-corrected chi connectivity index (χ0v) is 12.8. The fraction of sp³-hybridized carbons (Fsp3) is 0.357. The molecule has 0 bridgehead atoms. The Hall–Kier alpha value is -1.49. The van der Waals surface area contributed by atoms with Crippen LogP contribution in [0.1, 0.15) is 26.3 Å². The summed E-state index contributed by atoms with van der Waals surface area (Å²) in [6.07, 6.45) is 3.01. The number of alkyl carbamates (subject to hydrolysis) is 1. The summed E-state index contributed by atoms with van der Waals surface area (Å²) >= 11 is 3.24. The molecule has 5 heteroatoms. The van der Waals surface area contributed by atoms with Gasteiger partial charge in [-0.05, 0) is 42.8 Å². The normalized spacial score (nSPS) is 11.6. The number of phenols is 1. The molecule has 0 saturated heterocycles. The molecule has 1 aromatic rings. The van der Waals surface area contributed by atoms with E-state index in [1.807, 2.05) is 26.8 Å². The monoisotopic (exact) mass is 327 g/mol. The molecule has 1 amide bonds. The van der Waals surface area contributed by atoms with Crippen molar-refractivity contribution in [3.63, 3.8) is 0 Å². The Morgan fingerprint density at radius 1 is 1.47 bits per heavy atom. The summed E-state index contributed by atoms with van der Waals surface area (Å²) in [4.78, 5) is 11.4. The number of nitrogens with one attached hydrogen (secondary N) is 1. The molecule has 4 nitrogen and oxygen atoms in total. The van der Waals surface area contributed by atoms with E-state index >= 15 is 0 Å². The van der Waals surface area contributed by atoms with Crippen LogP contribution in [0.3, 0.4) is 0 Å². The molecule has 0 aliphatic heterocycles. The fourth-order valence-corrected chi connectivity index (χ4v) is 1.69. The lowest BCUT2D eigenvalue weighted by Crippen LogP contribution is -2.32. The summed E-state index contributed by atoms with van der Waals surface area (Å²) in [6.45, 7) is 5.76. The highest BCUT2D eigenvalue weighted by Crippen LogP contribution is 2.28. The van der Waals surface area contributed by atoms with Crippen LogP contribution in [0.15, 0.2) is 28.7 Å². The molecule has 0 aliphatic rings. The number of carbonyl (C=O) groups excluding carboxylic acids is 1. The van der Waals surface area contributed by atoms with Gasteiger partial charge in [0.05, 0.1) is 4.47 Å². The zero-order valence-electron chi connectivity index (χ0n) is 11.2. The number of aromatic hydroxyl groups is 1. The number of benzene rings is 1. The van der Waals surface area contributed by atoms with Crippen LogP contribution in [0.4, 0.5) is 4.79 Å². The van der Waals surface area contributed by atoms with Crippen LogP contribution in [-0.4, -0.2) is 23.3 Å². The molecule has 104 valence electrons. The minimum atomic E-state index is -0.504. The van der Waals surface area contributed by atoms with E-state index in [0.29, 0.717) is 16.6 Å². The van der Waals surface area contributed by atoms with E-state index < -0.39 is 11.7 Å². The number of para-hydroxylation sites is 1. The van der Waals surface area contributed by atoms with Crippen molar-refractivity contribution >= 4 is 28.1 Å². The van der Waals surface area contributed by atoms with Crippen LogP contribution in [0.25, 0.3) is 6.08 Å². The molecule has 0 aromatic heterocycles. The van der Waals surface area contributed by atoms with E-state index in [1.165, 1.54) is 0 Å². The molecule has 1 rings (SSSR count). The number of hydrogen-bond acceptors (Lipinski definition) is 3. The number of carbonyl (C=O) groups is 1. The van der Waals surface area contributed by atoms with E-state index in [1.54, 1.807) is 24.3 Å². The van der Waals surface area contributed by atoms with Crippen molar-refractivity contribution in [2.24, 2.45) is 0 Å². The molecule has 0 aliphatic carbocycles. The van der Waals surface area contributed by atoms with Gasteiger partial charge >= 0.3 is 6.09 Å². The number of hydrogen-bond donors (Lipinski definition) is 2. The number of amides is 1. The molecule has 0 radical (unpaired) electrons. The first-order valence-electron chi connectivity index (χ1n) is 5.90. The number of phenolic OH excluding ortho intramolecular Hbond substituents is 1. The maximum Gasteiger partial charge on any atom is 0.407 e. The van der Waals surface area contributed by atoms with Crippen molar-refractivity contribution in [3.05, 3.63) is 34.3 Å². The van der Waals surface area contributed by atoms with Crippen molar-refractivity contribution in [1.82, 2.24) is 5.32 Å². The van der Waals surface area contributed by atoms with E-state index in [2.05, 4.69) is 21.2 Å². The summed E-state index contributed by atoms with van der Waals surface area (Å²) < 4.78 is 5.73. The van der Waals surface area contributed by atoms with Crippen molar-refractivity contribution < 1.29 is 14.6 Å². The van der Waals surface area contributed by atoms with E-state index in [-0.39, 0.29) is 5.75 Å². The van der Waals surface area contributed by atoms with Gasteiger partial charge in [0.25, 0.3) is 0 Å². The van der Waals surface area contributed by atoms with Gasteiger partial charge in [-0.15, -0.1) is 0 Å².